The van der Waals surface area contributed by atoms with Crippen LogP contribution in [0, 0.1) is 0 Å². The summed E-state index contributed by atoms with van der Waals surface area (Å²) in [6, 6.07) is 2.81. The summed E-state index contributed by atoms with van der Waals surface area (Å²) in [6.07, 6.45) is 1.48. The standard InChI is InChI=1S/C15H18BNO3/c1-14(2)15(3,4)20-16(19-14)13-9-5-7-11(17-13)12-8-6-10-18-12/h5-10H,1-4H3/i5D,7D,9D. The van der Waals surface area contributed by atoms with Crippen molar-refractivity contribution < 1.29 is 17.8 Å². The Balaban J connectivity index is 2.11. The van der Waals surface area contributed by atoms with Gasteiger partial charge < -0.3 is 13.7 Å². The van der Waals surface area contributed by atoms with Crippen molar-refractivity contribution in [3.63, 3.8) is 0 Å². The first kappa shape index (κ1) is 10.2. The van der Waals surface area contributed by atoms with E-state index in [9.17, 15) is 0 Å². The van der Waals surface area contributed by atoms with Crippen molar-refractivity contribution in [3.8, 4) is 11.5 Å². The van der Waals surface area contributed by atoms with E-state index in [-0.39, 0.29) is 29.4 Å². The van der Waals surface area contributed by atoms with Crippen molar-refractivity contribution in [1.82, 2.24) is 4.98 Å². The van der Waals surface area contributed by atoms with Gasteiger partial charge in [-0.05, 0) is 51.9 Å². The van der Waals surface area contributed by atoms with Crippen LogP contribution in [0.25, 0.3) is 11.5 Å². The summed E-state index contributed by atoms with van der Waals surface area (Å²) in [7, 11) is -0.856. The molecule has 0 N–H and O–H groups in total. The van der Waals surface area contributed by atoms with Crippen LogP contribution in [0.3, 0.4) is 0 Å². The second-order valence-corrected chi connectivity index (χ2v) is 5.79. The van der Waals surface area contributed by atoms with Crippen LogP contribution in [0.4, 0.5) is 0 Å². The van der Waals surface area contributed by atoms with E-state index in [1.807, 2.05) is 27.7 Å². The Morgan fingerprint density at radius 1 is 1.15 bits per heavy atom. The zero-order chi connectivity index (χ0) is 17.0. The minimum Gasteiger partial charge on any atom is -0.463 e. The van der Waals surface area contributed by atoms with Crippen LogP contribution in [-0.2, 0) is 9.31 Å². The molecule has 0 saturated carbocycles. The second kappa shape index (κ2) is 4.47. The maximum Gasteiger partial charge on any atom is 0.514 e. The van der Waals surface area contributed by atoms with Crippen LogP contribution < -0.4 is 5.59 Å². The lowest BCUT2D eigenvalue weighted by atomic mass is 9.84. The van der Waals surface area contributed by atoms with Crippen LogP contribution in [0.5, 0.6) is 0 Å². The van der Waals surface area contributed by atoms with Gasteiger partial charge in [0.25, 0.3) is 0 Å². The van der Waals surface area contributed by atoms with Gasteiger partial charge in [-0.2, -0.15) is 0 Å². The summed E-state index contributed by atoms with van der Waals surface area (Å²) in [6.45, 7) is 7.63. The summed E-state index contributed by atoms with van der Waals surface area (Å²) in [4.78, 5) is 4.35. The van der Waals surface area contributed by atoms with Crippen molar-refractivity contribution in [2.75, 3.05) is 0 Å². The fourth-order valence-electron chi connectivity index (χ4n) is 1.93. The molecule has 2 aromatic heterocycles. The molecule has 0 amide bonds. The van der Waals surface area contributed by atoms with Gasteiger partial charge in [0.05, 0.1) is 27.2 Å². The smallest absolute Gasteiger partial charge is 0.463 e. The maximum absolute atomic E-state index is 8.12. The van der Waals surface area contributed by atoms with E-state index in [2.05, 4.69) is 4.98 Å². The van der Waals surface area contributed by atoms with Gasteiger partial charge in [0.15, 0.2) is 5.76 Å². The summed E-state index contributed by atoms with van der Waals surface area (Å²) in [5.74, 6) is 0.376. The predicted octanol–water partition coefficient (Wildman–Crippen LogP) is 2.64. The molecule has 1 saturated heterocycles. The summed E-state index contributed by atoms with van der Waals surface area (Å²) in [5, 5.41) is 0. The third-order valence-electron chi connectivity index (χ3n) is 3.83. The molecule has 2 aromatic rings. The van der Waals surface area contributed by atoms with Crippen molar-refractivity contribution in [2.24, 2.45) is 0 Å². The SMILES string of the molecule is [2H]c1c(B2OC(C)(C)C(C)(C)O2)nc(-c2ccco2)c([2H])c1[2H]. The van der Waals surface area contributed by atoms with Crippen molar-refractivity contribution in [2.45, 2.75) is 38.9 Å². The molecule has 0 atom stereocenters. The lowest BCUT2D eigenvalue weighted by molar-refractivity contribution is 0.00578. The maximum atomic E-state index is 8.12. The fourth-order valence-corrected chi connectivity index (χ4v) is 1.93. The lowest BCUT2D eigenvalue weighted by Gasteiger charge is -2.32. The third-order valence-corrected chi connectivity index (χ3v) is 3.83. The van der Waals surface area contributed by atoms with Gasteiger partial charge in [-0.1, -0.05) is 6.04 Å². The van der Waals surface area contributed by atoms with Crippen molar-refractivity contribution in [3.05, 3.63) is 36.5 Å². The first-order chi connectivity index (χ1) is 10.6. The van der Waals surface area contributed by atoms with Crippen LogP contribution in [0.2, 0.25) is 0 Å². The summed E-state index contributed by atoms with van der Waals surface area (Å²) in [5.41, 5.74) is -0.742. The number of aromatic nitrogens is 1. The fraction of sp³-hybridized carbons (Fsp3) is 0.400. The van der Waals surface area contributed by atoms with Gasteiger partial charge in [-0.15, -0.1) is 0 Å². The average molecular weight is 274 g/mol. The van der Waals surface area contributed by atoms with E-state index in [1.54, 1.807) is 12.1 Å². The Bertz CT molecular complexity index is 731. The zero-order valence-electron chi connectivity index (χ0n) is 15.0. The van der Waals surface area contributed by atoms with Crippen molar-refractivity contribution >= 4 is 12.7 Å². The second-order valence-electron chi connectivity index (χ2n) is 5.79. The van der Waals surface area contributed by atoms with Crippen LogP contribution in [0.1, 0.15) is 31.8 Å². The Hall–Kier alpha value is -1.59. The molecule has 5 heteroatoms. The monoisotopic (exact) mass is 274 g/mol. The highest BCUT2D eigenvalue weighted by molar-refractivity contribution is 6.61. The van der Waals surface area contributed by atoms with E-state index in [0.717, 1.165) is 0 Å². The van der Waals surface area contributed by atoms with Gasteiger partial charge >= 0.3 is 7.12 Å². The van der Waals surface area contributed by atoms with Gasteiger partial charge in [0, 0.05) is 0 Å². The van der Waals surface area contributed by atoms with Crippen molar-refractivity contribution in [1.29, 1.82) is 0 Å². The molecule has 1 fully saturated rings. The molecule has 4 nitrogen and oxygen atoms in total. The topological polar surface area (TPSA) is 44.5 Å². The van der Waals surface area contributed by atoms with Gasteiger partial charge in [-0.3, -0.25) is 4.98 Å². The number of rotatable bonds is 2. The molecule has 3 heterocycles. The van der Waals surface area contributed by atoms with Gasteiger partial charge in [-0.25, -0.2) is 0 Å². The number of furan rings is 1. The molecule has 20 heavy (non-hydrogen) atoms. The van der Waals surface area contributed by atoms with Gasteiger partial charge in [0.1, 0.15) is 5.69 Å². The normalized spacial score (nSPS) is 22.4. The number of hydrogen-bond donors (Lipinski definition) is 0. The molecule has 0 spiro atoms. The summed E-state index contributed by atoms with van der Waals surface area (Å²) >= 11 is 0. The summed E-state index contributed by atoms with van der Waals surface area (Å²) < 4.78 is 41.3. The largest absolute Gasteiger partial charge is 0.514 e. The van der Waals surface area contributed by atoms with Crippen LogP contribution >= 0.6 is 0 Å². The Morgan fingerprint density at radius 3 is 2.45 bits per heavy atom. The van der Waals surface area contributed by atoms with E-state index in [0.29, 0.717) is 5.76 Å². The third kappa shape index (κ3) is 2.17. The molecule has 1 aliphatic rings. The molecule has 3 rings (SSSR count). The first-order valence-corrected chi connectivity index (χ1v) is 6.51. The number of nitrogens with zero attached hydrogens (tertiary/aromatic N) is 1. The van der Waals surface area contributed by atoms with E-state index >= 15 is 0 Å². The predicted molar refractivity (Wildman–Crippen MR) is 77.7 cm³/mol. The quantitative estimate of drug-likeness (QED) is 0.790. The molecule has 0 bridgehead atoms. The first-order valence-electron chi connectivity index (χ1n) is 8.01. The Labute approximate surface area is 123 Å². The molecule has 1 aliphatic heterocycles. The Morgan fingerprint density at radius 2 is 1.85 bits per heavy atom. The molecule has 0 aliphatic carbocycles. The molecule has 0 unspecified atom stereocenters. The molecule has 0 radical (unpaired) electrons. The highest BCUT2D eigenvalue weighted by Gasteiger charge is 2.52. The minimum absolute atomic E-state index is 0.148. The van der Waals surface area contributed by atoms with Gasteiger partial charge in [0.2, 0.25) is 0 Å². The number of pyridine rings is 1. The van der Waals surface area contributed by atoms with E-state index in [4.69, 9.17) is 17.8 Å². The molecular formula is C15H18BNO3. The van der Waals surface area contributed by atoms with E-state index in [1.165, 1.54) is 6.26 Å². The average Bonchev–Trinajstić information content (AvgIpc) is 3.04. The minimum atomic E-state index is -0.856. The number of hydrogen-bond acceptors (Lipinski definition) is 4. The van der Waals surface area contributed by atoms with Crippen LogP contribution in [-0.4, -0.2) is 23.3 Å². The molecule has 104 valence electrons. The van der Waals surface area contributed by atoms with Crippen LogP contribution in [0.15, 0.2) is 40.9 Å². The molecule has 0 aromatic carbocycles. The molecular weight excluding hydrogens is 253 g/mol. The highest BCUT2D eigenvalue weighted by atomic mass is 16.7. The highest BCUT2D eigenvalue weighted by Crippen LogP contribution is 2.36. The Kier molecular flexibility index (Phi) is 2.27. The lowest BCUT2D eigenvalue weighted by Crippen LogP contribution is -2.41. The zero-order valence-corrected chi connectivity index (χ0v) is 12.0. The van der Waals surface area contributed by atoms with E-state index < -0.39 is 18.3 Å².